The zero-order valence-electron chi connectivity index (χ0n) is 16.6. The normalized spacial score (nSPS) is 11.4. The molecule has 2 rings (SSSR count). The fourth-order valence-corrected chi connectivity index (χ4v) is 2.99. The van der Waals surface area contributed by atoms with E-state index >= 15 is 0 Å². The molecule has 0 fully saturated rings. The van der Waals surface area contributed by atoms with Gasteiger partial charge in [-0.3, -0.25) is 14.9 Å². The number of hydrogen-bond acceptors (Lipinski definition) is 7. The lowest BCUT2D eigenvalue weighted by Crippen LogP contribution is -2.32. The van der Waals surface area contributed by atoms with Crippen LogP contribution in [0.5, 0.6) is 5.75 Å². The van der Waals surface area contributed by atoms with Crippen LogP contribution >= 0.6 is 0 Å². The van der Waals surface area contributed by atoms with Crippen molar-refractivity contribution in [2.24, 2.45) is 0 Å². The van der Waals surface area contributed by atoms with Crippen molar-refractivity contribution in [2.45, 2.75) is 6.54 Å². The third-order valence-corrected chi connectivity index (χ3v) is 4.41. The molecule has 2 aromatic rings. The Morgan fingerprint density at radius 1 is 1.20 bits per heavy atom. The molecule has 1 amide bonds. The first-order valence-corrected chi connectivity index (χ1v) is 10.7. The third-order valence-electron chi connectivity index (χ3n) is 3.92. The zero-order valence-corrected chi connectivity index (χ0v) is 17.4. The Morgan fingerprint density at radius 3 is 2.50 bits per heavy atom. The van der Waals surface area contributed by atoms with Gasteiger partial charge in [0.1, 0.15) is 5.75 Å². The van der Waals surface area contributed by atoms with Crippen molar-refractivity contribution in [3.63, 3.8) is 0 Å². The molecular weight excluding hydrogens is 412 g/mol. The van der Waals surface area contributed by atoms with E-state index < -0.39 is 15.0 Å². The van der Waals surface area contributed by atoms with Gasteiger partial charge in [0.25, 0.3) is 5.69 Å². The maximum Gasteiger partial charge on any atom is 0.306 e. The molecule has 0 aromatic heterocycles. The molecule has 0 aliphatic rings. The summed E-state index contributed by atoms with van der Waals surface area (Å²) in [6, 6.07) is 12.3. The summed E-state index contributed by atoms with van der Waals surface area (Å²) in [5.41, 5.74) is 1.30. The second-order valence-corrected chi connectivity index (χ2v) is 7.94. The Labute approximate surface area is 174 Å². The van der Waals surface area contributed by atoms with Crippen LogP contribution in [-0.2, 0) is 26.2 Å². The van der Waals surface area contributed by atoms with Gasteiger partial charge in [0, 0.05) is 38.4 Å². The molecule has 0 radical (unpaired) electrons. The first-order chi connectivity index (χ1) is 14.2. The van der Waals surface area contributed by atoms with Crippen molar-refractivity contribution >= 4 is 27.8 Å². The quantitative estimate of drug-likeness (QED) is 0.244. The van der Waals surface area contributed by atoms with E-state index in [-0.39, 0.29) is 23.9 Å². The van der Waals surface area contributed by atoms with Gasteiger partial charge >= 0.3 is 10.1 Å². The Bertz CT molecular complexity index is 1020. The number of nitrogens with zero attached hydrogens (tertiary/aromatic N) is 2. The number of benzene rings is 2. The van der Waals surface area contributed by atoms with E-state index in [0.717, 1.165) is 6.26 Å². The van der Waals surface area contributed by atoms with Crippen LogP contribution in [0.3, 0.4) is 0 Å². The van der Waals surface area contributed by atoms with Gasteiger partial charge in [-0.2, -0.15) is 8.42 Å². The maximum absolute atomic E-state index is 12.7. The SMILES string of the molecule is COCCN(Cc1cccc(OS(C)(=O)=O)c1)C(=O)C=Cc1ccc([N+](=O)[O-])cc1. The molecule has 160 valence electrons. The van der Waals surface area contributed by atoms with Crippen molar-refractivity contribution < 1.29 is 27.1 Å². The van der Waals surface area contributed by atoms with E-state index in [1.165, 1.54) is 36.3 Å². The Kier molecular flexibility index (Phi) is 8.07. The summed E-state index contributed by atoms with van der Waals surface area (Å²) in [4.78, 5) is 24.4. The lowest BCUT2D eigenvalue weighted by atomic mass is 10.1. The standard InChI is InChI=1S/C20H22N2O7S/c1-28-13-12-21(15-17-4-3-5-19(14-17)29-30(2,26)27)20(23)11-8-16-6-9-18(10-7-16)22(24)25/h3-11,14H,12-13,15H2,1-2H3. The molecular formula is C20H22N2O7S. The number of non-ortho nitro benzene ring substituents is 1. The molecule has 2 aromatic carbocycles. The highest BCUT2D eigenvalue weighted by Gasteiger charge is 2.13. The predicted octanol–water partition coefficient (Wildman–Crippen LogP) is 2.62. The van der Waals surface area contributed by atoms with Gasteiger partial charge in [-0.1, -0.05) is 12.1 Å². The second-order valence-electron chi connectivity index (χ2n) is 6.37. The van der Waals surface area contributed by atoms with Crippen molar-refractivity contribution in [1.82, 2.24) is 4.90 Å². The zero-order chi connectivity index (χ0) is 22.1. The van der Waals surface area contributed by atoms with Crippen molar-refractivity contribution in [1.29, 1.82) is 0 Å². The Morgan fingerprint density at radius 2 is 1.90 bits per heavy atom. The average molecular weight is 434 g/mol. The summed E-state index contributed by atoms with van der Waals surface area (Å²) in [5.74, 6) is -0.129. The number of methoxy groups -OCH3 is 1. The minimum Gasteiger partial charge on any atom is -0.383 e. The monoisotopic (exact) mass is 434 g/mol. The van der Waals surface area contributed by atoms with Crippen molar-refractivity contribution in [3.05, 3.63) is 75.8 Å². The first kappa shape index (κ1) is 23.0. The molecule has 0 saturated carbocycles. The first-order valence-electron chi connectivity index (χ1n) is 8.87. The van der Waals surface area contributed by atoms with E-state index in [0.29, 0.717) is 24.3 Å². The number of nitro groups is 1. The molecule has 0 spiro atoms. The lowest BCUT2D eigenvalue weighted by molar-refractivity contribution is -0.384. The molecule has 0 bridgehead atoms. The number of amides is 1. The summed E-state index contributed by atoms with van der Waals surface area (Å²) in [7, 11) is -2.13. The number of nitro benzene ring substituents is 1. The maximum atomic E-state index is 12.7. The van der Waals surface area contributed by atoms with Crippen molar-refractivity contribution in [3.8, 4) is 5.75 Å². The molecule has 0 unspecified atom stereocenters. The molecule has 0 N–H and O–H groups in total. The fourth-order valence-electron chi connectivity index (χ4n) is 2.54. The van der Waals surface area contributed by atoms with Crippen LogP contribution in [0, 0.1) is 10.1 Å². The van der Waals surface area contributed by atoms with Crippen LogP contribution in [0.15, 0.2) is 54.6 Å². The molecule has 0 aliphatic heterocycles. The number of ether oxygens (including phenoxy) is 1. The average Bonchev–Trinajstić information content (AvgIpc) is 2.68. The summed E-state index contributed by atoms with van der Waals surface area (Å²) in [6.07, 6.45) is 3.89. The van der Waals surface area contributed by atoms with Gasteiger partial charge in [0.15, 0.2) is 0 Å². The molecule has 0 aliphatic carbocycles. The summed E-state index contributed by atoms with van der Waals surface area (Å²) >= 11 is 0. The number of carbonyl (C=O) groups excluding carboxylic acids is 1. The molecule has 0 heterocycles. The molecule has 9 nitrogen and oxygen atoms in total. The highest BCUT2D eigenvalue weighted by atomic mass is 32.2. The fraction of sp³-hybridized carbons (Fsp3) is 0.250. The smallest absolute Gasteiger partial charge is 0.306 e. The van der Waals surface area contributed by atoms with Gasteiger partial charge in [-0.15, -0.1) is 0 Å². The van der Waals surface area contributed by atoms with E-state index in [1.54, 1.807) is 36.4 Å². The van der Waals surface area contributed by atoms with Crippen LogP contribution in [-0.4, -0.2) is 50.7 Å². The number of hydrogen-bond donors (Lipinski definition) is 0. The van der Waals surface area contributed by atoms with Crippen LogP contribution in [0.1, 0.15) is 11.1 Å². The summed E-state index contributed by atoms with van der Waals surface area (Å²) < 4.78 is 32.6. The van der Waals surface area contributed by atoms with Gasteiger partial charge in [0.2, 0.25) is 5.91 Å². The number of rotatable bonds is 10. The van der Waals surface area contributed by atoms with Crippen LogP contribution in [0.4, 0.5) is 5.69 Å². The van der Waals surface area contributed by atoms with E-state index in [9.17, 15) is 23.3 Å². The predicted molar refractivity (Wildman–Crippen MR) is 111 cm³/mol. The Balaban J connectivity index is 2.13. The summed E-state index contributed by atoms with van der Waals surface area (Å²) in [5, 5.41) is 10.7. The minimum absolute atomic E-state index is 0.0311. The summed E-state index contributed by atoms with van der Waals surface area (Å²) in [6.45, 7) is 0.849. The third kappa shape index (κ3) is 7.64. The second kappa shape index (κ2) is 10.5. The van der Waals surface area contributed by atoms with E-state index in [2.05, 4.69) is 0 Å². The largest absolute Gasteiger partial charge is 0.383 e. The molecule has 10 heteroatoms. The lowest BCUT2D eigenvalue weighted by Gasteiger charge is -2.21. The van der Waals surface area contributed by atoms with Gasteiger partial charge in [-0.25, -0.2) is 0 Å². The van der Waals surface area contributed by atoms with Gasteiger partial charge < -0.3 is 13.8 Å². The molecule has 0 saturated heterocycles. The van der Waals surface area contributed by atoms with Gasteiger partial charge in [-0.05, 0) is 41.5 Å². The number of carbonyl (C=O) groups is 1. The minimum atomic E-state index is -3.65. The molecule has 30 heavy (non-hydrogen) atoms. The Hall–Kier alpha value is -3.24. The van der Waals surface area contributed by atoms with E-state index in [1.807, 2.05) is 0 Å². The van der Waals surface area contributed by atoms with Crippen molar-refractivity contribution in [2.75, 3.05) is 26.5 Å². The van der Waals surface area contributed by atoms with Crippen LogP contribution in [0.2, 0.25) is 0 Å². The highest BCUT2D eigenvalue weighted by molar-refractivity contribution is 7.86. The topological polar surface area (TPSA) is 116 Å². The van der Waals surface area contributed by atoms with Gasteiger partial charge in [0.05, 0.1) is 17.8 Å². The van der Waals surface area contributed by atoms with Crippen LogP contribution in [0.25, 0.3) is 6.08 Å². The van der Waals surface area contributed by atoms with E-state index in [4.69, 9.17) is 8.92 Å². The van der Waals surface area contributed by atoms with Crippen LogP contribution < -0.4 is 4.18 Å². The molecule has 0 atom stereocenters. The highest BCUT2D eigenvalue weighted by Crippen LogP contribution is 2.17.